The highest BCUT2D eigenvalue weighted by Gasteiger charge is 2.33. The maximum Gasteiger partial charge on any atom is 0.0426 e. The van der Waals surface area contributed by atoms with Crippen molar-refractivity contribution in [2.24, 2.45) is 17.6 Å². The van der Waals surface area contributed by atoms with Crippen LogP contribution in [0.4, 0.5) is 0 Å². The van der Waals surface area contributed by atoms with Crippen LogP contribution in [0.25, 0.3) is 0 Å². The Kier molecular flexibility index (Phi) is 4.08. The van der Waals surface area contributed by atoms with E-state index < -0.39 is 0 Å². The van der Waals surface area contributed by atoms with Gasteiger partial charge < -0.3 is 10.6 Å². The molecule has 3 unspecified atom stereocenters. The number of likely N-dealkylation sites (N-methyl/N-ethyl adjacent to an activating group) is 1. The molecule has 2 rings (SSSR count). The zero-order valence-corrected chi connectivity index (χ0v) is 12.1. The van der Waals surface area contributed by atoms with E-state index >= 15 is 0 Å². The van der Waals surface area contributed by atoms with E-state index in [9.17, 15) is 0 Å². The largest absolute Gasteiger partial charge is 0.323 e. The maximum atomic E-state index is 6.35. The van der Waals surface area contributed by atoms with Crippen molar-refractivity contribution in [1.82, 2.24) is 4.90 Å². The van der Waals surface area contributed by atoms with Gasteiger partial charge in [0.25, 0.3) is 0 Å². The molecule has 2 N–H and O–H groups in total. The second-order valence-electron chi connectivity index (χ2n) is 6.16. The molecule has 1 aromatic carbocycles. The average molecular weight is 246 g/mol. The topological polar surface area (TPSA) is 29.3 Å². The lowest BCUT2D eigenvalue weighted by molar-refractivity contribution is 0.295. The summed E-state index contributed by atoms with van der Waals surface area (Å²) in [5.41, 5.74) is 10.3. The van der Waals surface area contributed by atoms with E-state index in [0.29, 0.717) is 0 Å². The lowest BCUT2D eigenvalue weighted by atomic mass is 9.99. The number of nitrogens with zero attached hydrogens (tertiary/aromatic N) is 1. The van der Waals surface area contributed by atoms with Gasteiger partial charge in [-0.05, 0) is 50.3 Å². The molecule has 18 heavy (non-hydrogen) atoms. The SMILES string of the molecule is Cc1ccc(C)c(C(N)CN(C)CC2CC2C)c1. The summed E-state index contributed by atoms with van der Waals surface area (Å²) in [5, 5.41) is 0. The Labute approximate surface area is 111 Å². The van der Waals surface area contributed by atoms with E-state index in [4.69, 9.17) is 5.73 Å². The Morgan fingerprint density at radius 1 is 1.39 bits per heavy atom. The van der Waals surface area contributed by atoms with Crippen LogP contribution in [0.15, 0.2) is 18.2 Å². The van der Waals surface area contributed by atoms with Crippen molar-refractivity contribution in [3.63, 3.8) is 0 Å². The number of aryl methyl sites for hydroxylation is 2. The molecule has 0 aromatic heterocycles. The molecule has 2 heteroatoms. The number of benzene rings is 1. The normalized spacial score (nSPS) is 24.3. The van der Waals surface area contributed by atoms with Crippen LogP contribution in [0.2, 0.25) is 0 Å². The number of nitrogens with two attached hydrogens (primary N) is 1. The Morgan fingerprint density at radius 3 is 2.67 bits per heavy atom. The van der Waals surface area contributed by atoms with Gasteiger partial charge in [-0.1, -0.05) is 30.7 Å². The Morgan fingerprint density at radius 2 is 2.06 bits per heavy atom. The lowest BCUT2D eigenvalue weighted by Crippen LogP contribution is -2.31. The van der Waals surface area contributed by atoms with Crippen molar-refractivity contribution >= 4 is 0 Å². The van der Waals surface area contributed by atoms with Gasteiger partial charge in [0.05, 0.1) is 0 Å². The average Bonchev–Trinajstić information content (AvgIpc) is 2.97. The minimum Gasteiger partial charge on any atom is -0.323 e. The van der Waals surface area contributed by atoms with Gasteiger partial charge in [0, 0.05) is 19.1 Å². The zero-order valence-electron chi connectivity index (χ0n) is 12.1. The molecule has 0 spiro atoms. The first-order valence-corrected chi connectivity index (χ1v) is 6.98. The highest BCUT2D eigenvalue weighted by molar-refractivity contribution is 5.33. The maximum absolute atomic E-state index is 6.35. The van der Waals surface area contributed by atoms with E-state index in [1.165, 1.54) is 29.7 Å². The van der Waals surface area contributed by atoms with E-state index in [1.807, 2.05) is 0 Å². The first-order chi connectivity index (χ1) is 8.47. The molecule has 0 bridgehead atoms. The molecule has 0 amide bonds. The third kappa shape index (κ3) is 3.33. The second kappa shape index (κ2) is 5.41. The van der Waals surface area contributed by atoms with Gasteiger partial charge in [0.1, 0.15) is 0 Å². The summed E-state index contributed by atoms with van der Waals surface area (Å²) >= 11 is 0. The first kappa shape index (κ1) is 13.6. The predicted octanol–water partition coefficient (Wildman–Crippen LogP) is 2.89. The van der Waals surface area contributed by atoms with Gasteiger partial charge in [-0.15, -0.1) is 0 Å². The van der Waals surface area contributed by atoms with E-state index in [1.54, 1.807) is 0 Å². The molecule has 1 aliphatic rings. The minimum atomic E-state index is 0.129. The van der Waals surface area contributed by atoms with Gasteiger partial charge in [-0.2, -0.15) is 0 Å². The fourth-order valence-electron chi connectivity index (χ4n) is 2.72. The van der Waals surface area contributed by atoms with Crippen LogP contribution in [0.1, 0.15) is 36.1 Å². The third-order valence-electron chi connectivity index (χ3n) is 4.16. The molecular weight excluding hydrogens is 220 g/mol. The summed E-state index contributed by atoms with van der Waals surface area (Å²) in [6.45, 7) is 8.76. The van der Waals surface area contributed by atoms with Crippen molar-refractivity contribution < 1.29 is 0 Å². The Balaban J connectivity index is 1.93. The quantitative estimate of drug-likeness (QED) is 0.865. The molecule has 1 aromatic rings. The molecule has 100 valence electrons. The van der Waals surface area contributed by atoms with Gasteiger partial charge >= 0.3 is 0 Å². The summed E-state index contributed by atoms with van der Waals surface area (Å²) in [7, 11) is 2.19. The van der Waals surface area contributed by atoms with Crippen molar-refractivity contribution in [3.8, 4) is 0 Å². The predicted molar refractivity (Wildman–Crippen MR) is 77.6 cm³/mol. The fraction of sp³-hybridized carbons (Fsp3) is 0.625. The van der Waals surface area contributed by atoms with Crippen LogP contribution < -0.4 is 5.73 Å². The molecule has 0 aliphatic heterocycles. The van der Waals surface area contributed by atoms with Crippen molar-refractivity contribution in [2.45, 2.75) is 33.2 Å². The summed E-state index contributed by atoms with van der Waals surface area (Å²) in [5.74, 6) is 1.82. The van der Waals surface area contributed by atoms with Crippen molar-refractivity contribution in [1.29, 1.82) is 0 Å². The molecule has 2 nitrogen and oxygen atoms in total. The molecule has 0 saturated heterocycles. The molecule has 0 radical (unpaired) electrons. The zero-order chi connectivity index (χ0) is 13.3. The second-order valence-corrected chi connectivity index (χ2v) is 6.16. The Bertz CT molecular complexity index is 414. The lowest BCUT2D eigenvalue weighted by Gasteiger charge is -2.23. The molecule has 1 fully saturated rings. The number of hydrogen-bond donors (Lipinski definition) is 1. The summed E-state index contributed by atoms with van der Waals surface area (Å²) in [6.07, 6.45) is 1.39. The molecule has 0 heterocycles. The van der Waals surface area contributed by atoms with Gasteiger partial charge in [0.2, 0.25) is 0 Å². The van der Waals surface area contributed by atoms with E-state index in [0.717, 1.165) is 18.4 Å². The van der Waals surface area contributed by atoms with Crippen LogP contribution in [-0.4, -0.2) is 25.0 Å². The number of rotatable bonds is 5. The third-order valence-corrected chi connectivity index (χ3v) is 4.16. The molecule has 3 atom stereocenters. The first-order valence-electron chi connectivity index (χ1n) is 6.98. The Hall–Kier alpha value is -0.860. The van der Waals surface area contributed by atoms with E-state index in [-0.39, 0.29) is 6.04 Å². The standard InChI is InChI=1S/C16H26N2/c1-11-5-6-12(2)15(7-11)16(17)10-18(4)9-14-8-13(14)3/h5-7,13-14,16H,8-10,17H2,1-4H3. The summed E-state index contributed by atoms with van der Waals surface area (Å²) in [6, 6.07) is 6.69. The van der Waals surface area contributed by atoms with Crippen LogP contribution in [0, 0.1) is 25.7 Å². The van der Waals surface area contributed by atoms with Crippen LogP contribution in [0.5, 0.6) is 0 Å². The minimum absolute atomic E-state index is 0.129. The monoisotopic (exact) mass is 246 g/mol. The van der Waals surface area contributed by atoms with Gasteiger partial charge in [-0.3, -0.25) is 0 Å². The number of hydrogen-bond acceptors (Lipinski definition) is 2. The van der Waals surface area contributed by atoms with Gasteiger partial charge in [0.15, 0.2) is 0 Å². The summed E-state index contributed by atoms with van der Waals surface area (Å²) in [4.78, 5) is 2.39. The summed E-state index contributed by atoms with van der Waals surface area (Å²) < 4.78 is 0. The smallest absolute Gasteiger partial charge is 0.0426 e. The molecule has 1 saturated carbocycles. The highest BCUT2D eigenvalue weighted by atomic mass is 15.1. The van der Waals surface area contributed by atoms with Crippen molar-refractivity contribution in [2.75, 3.05) is 20.1 Å². The highest BCUT2D eigenvalue weighted by Crippen LogP contribution is 2.38. The van der Waals surface area contributed by atoms with Crippen molar-refractivity contribution in [3.05, 3.63) is 34.9 Å². The van der Waals surface area contributed by atoms with Gasteiger partial charge in [-0.25, -0.2) is 0 Å². The fourth-order valence-corrected chi connectivity index (χ4v) is 2.72. The molecular formula is C16H26N2. The van der Waals surface area contributed by atoms with Crippen LogP contribution in [0.3, 0.4) is 0 Å². The molecule has 1 aliphatic carbocycles. The van der Waals surface area contributed by atoms with Crippen LogP contribution >= 0.6 is 0 Å². The van der Waals surface area contributed by atoms with E-state index in [2.05, 4.69) is 50.9 Å². The van der Waals surface area contributed by atoms with Crippen LogP contribution in [-0.2, 0) is 0 Å².